The van der Waals surface area contributed by atoms with E-state index < -0.39 is 0 Å². The Bertz CT molecular complexity index is 1290. The highest BCUT2D eigenvalue weighted by molar-refractivity contribution is 6.06. The van der Waals surface area contributed by atoms with Gasteiger partial charge in [-0.15, -0.1) is 10.2 Å². The zero-order valence-electron chi connectivity index (χ0n) is 20.1. The monoisotopic (exact) mass is 467 g/mol. The third kappa shape index (κ3) is 5.10. The molecule has 1 amide bonds. The molecule has 1 aromatic heterocycles. The van der Waals surface area contributed by atoms with Crippen LogP contribution >= 0.6 is 0 Å². The number of para-hydroxylation sites is 2. The number of rotatable bonds is 6. The van der Waals surface area contributed by atoms with Crippen molar-refractivity contribution >= 4 is 17.3 Å². The van der Waals surface area contributed by atoms with Crippen molar-refractivity contribution in [3.63, 3.8) is 0 Å². The molecule has 5 rings (SSSR count). The molecule has 1 fully saturated rings. The minimum absolute atomic E-state index is 0.151. The minimum Gasteiger partial charge on any atom is -0.416 e. The fraction of sp³-hybridized carbons (Fsp3) is 0.250. The Kier molecular flexibility index (Phi) is 6.59. The first-order valence-electron chi connectivity index (χ1n) is 12.0. The number of piperazine rings is 1. The highest BCUT2D eigenvalue weighted by atomic mass is 16.4. The Morgan fingerprint density at radius 1 is 0.857 bits per heavy atom. The van der Waals surface area contributed by atoms with E-state index in [0.717, 1.165) is 55.2 Å². The highest BCUT2D eigenvalue weighted by Crippen LogP contribution is 2.28. The summed E-state index contributed by atoms with van der Waals surface area (Å²) in [7, 11) is 0. The summed E-state index contributed by atoms with van der Waals surface area (Å²) in [6.07, 6.45) is 0. The number of nitrogens with one attached hydrogen (secondary N) is 1. The largest absolute Gasteiger partial charge is 0.416 e. The predicted octanol–water partition coefficient (Wildman–Crippen LogP) is 5.11. The number of aryl methyl sites for hydroxylation is 1. The maximum atomic E-state index is 13.0. The molecule has 1 saturated heterocycles. The number of carbonyl (C=O) groups is 1. The van der Waals surface area contributed by atoms with Gasteiger partial charge in [0.2, 0.25) is 11.8 Å². The SMILES string of the molecule is CCN1CCN(c2ccccc2NC(=O)c2ccc(-c3nnc(-c4ccc(C)cc4)o3)cc2)CC1. The summed E-state index contributed by atoms with van der Waals surface area (Å²) in [5.41, 5.74) is 5.26. The molecule has 0 saturated carbocycles. The van der Waals surface area contributed by atoms with Crippen LogP contribution in [-0.4, -0.2) is 53.7 Å². The average Bonchev–Trinajstić information content (AvgIpc) is 3.40. The molecule has 0 atom stereocenters. The van der Waals surface area contributed by atoms with Crippen LogP contribution < -0.4 is 10.2 Å². The van der Waals surface area contributed by atoms with E-state index in [9.17, 15) is 4.79 Å². The van der Waals surface area contributed by atoms with Crippen molar-refractivity contribution in [1.82, 2.24) is 15.1 Å². The fourth-order valence-corrected chi connectivity index (χ4v) is 4.27. The molecule has 2 heterocycles. The van der Waals surface area contributed by atoms with Gasteiger partial charge in [-0.05, 0) is 62.0 Å². The molecule has 178 valence electrons. The third-order valence-electron chi connectivity index (χ3n) is 6.43. The first-order chi connectivity index (χ1) is 17.1. The fourth-order valence-electron chi connectivity index (χ4n) is 4.27. The van der Waals surface area contributed by atoms with E-state index in [2.05, 4.69) is 38.3 Å². The van der Waals surface area contributed by atoms with Crippen LogP contribution in [-0.2, 0) is 0 Å². The summed E-state index contributed by atoms with van der Waals surface area (Å²) in [4.78, 5) is 17.8. The lowest BCUT2D eigenvalue weighted by atomic mass is 10.1. The topological polar surface area (TPSA) is 74.5 Å². The third-order valence-corrected chi connectivity index (χ3v) is 6.43. The molecule has 7 nitrogen and oxygen atoms in total. The average molecular weight is 468 g/mol. The number of hydrogen-bond donors (Lipinski definition) is 1. The lowest BCUT2D eigenvalue weighted by molar-refractivity contribution is 0.102. The number of hydrogen-bond acceptors (Lipinski definition) is 6. The maximum Gasteiger partial charge on any atom is 0.255 e. The molecule has 4 aromatic rings. The van der Waals surface area contributed by atoms with Crippen molar-refractivity contribution in [2.45, 2.75) is 13.8 Å². The normalized spacial score (nSPS) is 14.2. The number of amides is 1. The number of anilines is 2. The van der Waals surface area contributed by atoms with Crippen LogP contribution in [0.15, 0.2) is 77.2 Å². The van der Waals surface area contributed by atoms with Crippen molar-refractivity contribution in [3.05, 3.63) is 83.9 Å². The van der Waals surface area contributed by atoms with Crippen molar-refractivity contribution in [3.8, 4) is 22.9 Å². The second-order valence-electron chi connectivity index (χ2n) is 8.75. The van der Waals surface area contributed by atoms with Gasteiger partial charge >= 0.3 is 0 Å². The Morgan fingerprint density at radius 2 is 1.46 bits per heavy atom. The molecule has 7 heteroatoms. The van der Waals surface area contributed by atoms with Crippen LogP contribution in [0.1, 0.15) is 22.8 Å². The molecule has 1 aliphatic heterocycles. The van der Waals surface area contributed by atoms with Crippen molar-refractivity contribution in [2.24, 2.45) is 0 Å². The standard InChI is InChI=1S/C28H29N5O2/c1-3-32-16-18-33(19-17-32)25-7-5-4-6-24(25)29-26(34)21-12-14-23(15-13-21)28-31-30-27(35-28)22-10-8-20(2)9-11-22/h4-15H,3,16-19H2,1-2H3,(H,29,34). The van der Waals surface area contributed by atoms with Crippen LogP contribution in [0.2, 0.25) is 0 Å². The highest BCUT2D eigenvalue weighted by Gasteiger charge is 2.19. The van der Waals surface area contributed by atoms with Gasteiger partial charge in [-0.2, -0.15) is 0 Å². The smallest absolute Gasteiger partial charge is 0.255 e. The number of benzene rings is 3. The predicted molar refractivity (Wildman–Crippen MR) is 139 cm³/mol. The van der Waals surface area contributed by atoms with Crippen LogP contribution in [0, 0.1) is 6.92 Å². The zero-order valence-corrected chi connectivity index (χ0v) is 20.1. The lowest BCUT2D eigenvalue weighted by Crippen LogP contribution is -2.46. The number of likely N-dealkylation sites (N-methyl/N-ethyl adjacent to an activating group) is 1. The van der Waals surface area contributed by atoms with E-state index in [1.165, 1.54) is 5.56 Å². The molecule has 1 aliphatic rings. The van der Waals surface area contributed by atoms with Crippen molar-refractivity contribution in [2.75, 3.05) is 42.9 Å². The van der Waals surface area contributed by atoms with Crippen molar-refractivity contribution < 1.29 is 9.21 Å². The van der Waals surface area contributed by atoms with Crippen molar-refractivity contribution in [1.29, 1.82) is 0 Å². The minimum atomic E-state index is -0.151. The van der Waals surface area contributed by atoms with Crippen LogP contribution in [0.25, 0.3) is 22.9 Å². The van der Waals surface area contributed by atoms with Crippen LogP contribution in [0.4, 0.5) is 11.4 Å². The van der Waals surface area contributed by atoms with E-state index in [-0.39, 0.29) is 5.91 Å². The number of aromatic nitrogens is 2. The van der Waals surface area contributed by atoms with Gasteiger partial charge in [0, 0.05) is 42.9 Å². The Labute approximate surface area is 205 Å². The van der Waals surface area contributed by atoms with Gasteiger partial charge in [0.05, 0.1) is 11.4 Å². The molecule has 0 spiro atoms. The molecule has 0 bridgehead atoms. The van der Waals surface area contributed by atoms with E-state index in [0.29, 0.717) is 17.3 Å². The lowest BCUT2D eigenvalue weighted by Gasteiger charge is -2.36. The molecular weight excluding hydrogens is 438 g/mol. The van der Waals surface area contributed by atoms with Gasteiger partial charge < -0.3 is 19.5 Å². The molecule has 1 N–H and O–H groups in total. The van der Waals surface area contributed by atoms with Gasteiger partial charge in [0.15, 0.2) is 0 Å². The molecule has 0 aliphatic carbocycles. The van der Waals surface area contributed by atoms with Gasteiger partial charge in [0.1, 0.15) is 0 Å². The first kappa shape index (κ1) is 22.8. The zero-order chi connectivity index (χ0) is 24.2. The van der Waals surface area contributed by atoms with E-state index in [4.69, 9.17) is 4.42 Å². The van der Waals surface area contributed by atoms with Gasteiger partial charge in [0.25, 0.3) is 5.91 Å². The summed E-state index contributed by atoms with van der Waals surface area (Å²) in [5, 5.41) is 11.4. The molecule has 3 aromatic carbocycles. The second-order valence-corrected chi connectivity index (χ2v) is 8.75. The summed E-state index contributed by atoms with van der Waals surface area (Å²) in [6, 6.07) is 23.2. The Morgan fingerprint density at radius 3 is 2.09 bits per heavy atom. The number of nitrogens with zero attached hydrogens (tertiary/aromatic N) is 4. The van der Waals surface area contributed by atoms with Gasteiger partial charge in [-0.1, -0.05) is 36.8 Å². The van der Waals surface area contributed by atoms with Gasteiger partial charge in [-0.3, -0.25) is 4.79 Å². The molecular formula is C28H29N5O2. The van der Waals surface area contributed by atoms with Crippen LogP contribution in [0.3, 0.4) is 0 Å². The second kappa shape index (κ2) is 10.1. The van der Waals surface area contributed by atoms with E-state index in [1.807, 2.05) is 61.5 Å². The van der Waals surface area contributed by atoms with Crippen LogP contribution in [0.5, 0.6) is 0 Å². The molecule has 0 radical (unpaired) electrons. The Balaban J connectivity index is 1.28. The quantitative estimate of drug-likeness (QED) is 0.425. The first-order valence-corrected chi connectivity index (χ1v) is 12.0. The maximum absolute atomic E-state index is 13.0. The summed E-state index contributed by atoms with van der Waals surface area (Å²) < 4.78 is 5.86. The molecule has 0 unspecified atom stereocenters. The van der Waals surface area contributed by atoms with Gasteiger partial charge in [-0.25, -0.2) is 0 Å². The summed E-state index contributed by atoms with van der Waals surface area (Å²) in [5.74, 6) is 0.740. The van der Waals surface area contributed by atoms with E-state index >= 15 is 0 Å². The number of carbonyl (C=O) groups excluding carboxylic acids is 1. The summed E-state index contributed by atoms with van der Waals surface area (Å²) in [6.45, 7) is 9.25. The summed E-state index contributed by atoms with van der Waals surface area (Å²) >= 11 is 0. The van der Waals surface area contributed by atoms with E-state index in [1.54, 1.807) is 12.1 Å². The Hall–Kier alpha value is -3.97. The molecule has 35 heavy (non-hydrogen) atoms.